The maximum atomic E-state index is 2.30. The van der Waals surface area contributed by atoms with E-state index in [9.17, 15) is 0 Å². The number of benzene rings is 1. The minimum atomic E-state index is 0.709. The lowest BCUT2D eigenvalue weighted by Crippen LogP contribution is -1.96. The molecule has 0 saturated heterocycles. The molecule has 0 heterocycles. The second-order valence-electron chi connectivity index (χ2n) is 3.36. The molecule has 1 aromatic carbocycles. The molecule has 0 fully saturated rings. The van der Waals surface area contributed by atoms with E-state index in [4.69, 9.17) is 0 Å². The summed E-state index contributed by atoms with van der Waals surface area (Å²) in [5.41, 5.74) is 3.04. The van der Waals surface area contributed by atoms with Gasteiger partial charge in [0.2, 0.25) is 0 Å². The minimum absolute atomic E-state index is 0.709. The van der Waals surface area contributed by atoms with Gasteiger partial charge in [-0.25, -0.2) is 0 Å². The molecule has 0 saturated carbocycles. The largest absolute Gasteiger partial charge is 0.0683 e. The maximum absolute atomic E-state index is 2.30. The second kappa shape index (κ2) is 12.3. The Balaban J connectivity index is 0. The molecule has 16 heavy (non-hydrogen) atoms. The normalized spacial score (nSPS) is 10.4. The quantitative estimate of drug-likeness (QED) is 0.605. The summed E-state index contributed by atoms with van der Waals surface area (Å²) in [5, 5.41) is 0. The molecule has 0 radical (unpaired) electrons. The van der Waals surface area contributed by atoms with Crippen LogP contribution in [-0.2, 0) is 6.42 Å². The summed E-state index contributed by atoms with van der Waals surface area (Å²) in [6.07, 6.45) is 2.39. The van der Waals surface area contributed by atoms with E-state index in [-0.39, 0.29) is 0 Å². The molecule has 1 aromatic rings. The average Bonchev–Trinajstić information content (AvgIpc) is 2.42. The van der Waals surface area contributed by atoms with Crippen molar-refractivity contribution in [2.45, 2.75) is 67.2 Å². The Labute approximate surface area is 103 Å². The molecule has 1 unspecified atom stereocenters. The summed E-state index contributed by atoms with van der Waals surface area (Å²) in [6, 6.07) is 8.76. The van der Waals surface area contributed by atoms with Crippen molar-refractivity contribution in [3.8, 4) is 0 Å². The first-order valence-electron chi connectivity index (χ1n) is 6.87. The third-order valence-corrected chi connectivity index (χ3v) is 2.58. The molecule has 0 heteroatoms. The van der Waals surface area contributed by atoms with E-state index in [0.29, 0.717) is 5.92 Å². The molecular formula is C16H30. The van der Waals surface area contributed by atoms with Crippen LogP contribution in [-0.4, -0.2) is 0 Å². The average molecular weight is 222 g/mol. The molecule has 0 bridgehead atoms. The first kappa shape index (κ1) is 17.6. The zero-order valence-corrected chi connectivity index (χ0v) is 12.3. The molecule has 0 aromatic heterocycles. The van der Waals surface area contributed by atoms with Gasteiger partial charge >= 0.3 is 0 Å². The van der Waals surface area contributed by atoms with Crippen LogP contribution < -0.4 is 0 Å². The molecule has 0 aliphatic rings. The first-order valence-corrected chi connectivity index (χ1v) is 6.87. The Morgan fingerprint density at radius 2 is 1.44 bits per heavy atom. The fourth-order valence-corrected chi connectivity index (χ4v) is 1.56. The van der Waals surface area contributed by atoms with E-state index >= 15 is 0 Å². The highest BCUT2D eigenvalue weighted by atomic mass is 14.1. The molecule has 1 rings (SSSR count). The van der Waals surface area contributed by atoms with Gasteiger partial charge in [-0.2, -0.15) is 0 Å². The zero-order chi connectivity index (χ0) is 13.0. The van der Waals surface area contributed by atoms with Crippen molar-refractivity contribution in [1.29, 1.82) is 0 Å². The second-order valence-corrected chi connectivity index (χ2v) is 3.36. The van der Waals surface area contributed by atoms with Crippen LogP contribution in [0.25, 0.3) is 0 Å². The highest BCUT2D eigenvalue weighted by Gasteiger charge is 2.05. The summed E-state index contributed by atoms with van der Waals surface area (Å²) in [5.74, 6) is 0.709. The highest BCUT2D eigenvalue weighted by molar-refractivity contribution is 5.29. The topological polar surface area (TPSA) is 0 Å². The van der Waals surface area contributed by atoms with E-state index in [2.05, 4.69) is 45.0 Å². The fraction of sp³-hybridized carbons (Fsp3) is 0.625. The van der Waals surface area contributed by atoms with Crippen LogP contribution in [0.4, 0.5) is 0 Å². The third-order valence-electron chi connectivity index (χ3n) is 2.58. The van der Waals surface area contributed by atoms with Crippen molar-refractivity contribution in [1.82, 2.24) is 0 Å². The maximum Gasteiger partial charge on any atom is -0.0190 e. The van der Waals surface area contributed by atoms with Gasteiger partial charge in [0.15, 0.2) is 0 Å². The molecule has 0 amide bonds. The lowest BCUT2D eigenvalue weighted by molar-refractivity contribution is 0.723. The summed E-state index contributed by atoms with van der Waals surface area (Å²) < 4.78 is 0. The molecule has 0 aliphatic carbocycles. The Hall–Kier alpha value is -0.780. The van der Waals surface area contributed by atoms with Crippen LogP contribution in [0.2, 0.25) is 0 Å². The summed E-state index contributed by atoms with van der Waals surface area (Å²) in [6.45, 7) is 14.8. The van der Waals surface area contributed by atoms with E-state index in [1.807, 2.05) is 27.7 Å². The molecule has 0 nitrogen and oxygen atoms in total. The lowest BCUT2D eigenvalue weighted by Gasteiger charge is -2.13. The van der Waals surface area contributed by atoms with Gasteiger partial charge in [-0.1, -0.05) is 72.7 Å². The van der Waals surface area contributed by atoms with E-state index < -0.39 is 0 Å². The smallest absolute Gasteiger partial charge is 0.0190 e. The third kappa shape index (κ3) is 5.95. The molecule has 0 aliphatic heterocycles. The lowest BCUT2D eigenvalue weighted by atomic mass is 9.93. The highest BCUT2D eigenvalue weighted by Crippen LogP contribution is 2.22. The number of rotatable bonds is 3. The molecule has 0 spiro atoms. The minimum Gasteiger partial charge on any atom is -0.0683 e. The van der Waals surface area contributed by atoms with Gasteiger partial charge in [0.1, 0.15) is 0 Å². The van der Waals surface area contributed by atoms with Gasteiger partial charge in [0.25, 0.3) is 0 Å². The Morgan fingerprint density at radius 3 is 1.88 bits per heavy atom. The van der Waals surface area contributed by atoms with Crippen molar-refractivity contribution in [3.05, 3.63) is 35.4 Å². The van der Waals surface area contributed by atoms with Crippen LogP contribution in [0.3, 0.4) is 0 Å². The molecule has 1 atom stereocenters. The summed E-state index contributed by atoms with van der Waals surface area (Å²) in [7, 11) is 0. The molecule has 94 valence electrons. The number of hydrogen-bond donors (Lipinski definition) is 0. The predicted molar refractivity (Wildman–Crippen MR) is 77.2 cm³/mol. The van der Waals surface area contributed by atoms with Gasteiger partial charge < -0.3 is 0 Å². The molecular weight excluding hydrogens is 192 g/mol. The monoisotopic (exact) mass is 222 g/mol. The standard InChI is InChI=1S/C12H18.2C2H6/c1-4-10(3)12-9-7-6-8-11(12)5-2;2*1-2/h6-10H,4-5H2,1-3H3;2*1-2H3. The fourth-order valence-electron chi connectivity index (χ4n) is 1.56. The number of aryl methyl sites for hydroxylation is 1. The van der Waals surface area contributed by atoms with E-state index in [0.717, 1.165) is 6.42 Å². The Bertz CT molecular complexity index is 238. The zero-order valence-electron chi connectivity index (χ0n) is 12.3. The van der Waals surface area contributed by atoms with Crippen LogP contribution in [0.1, 0.15) is 71.9 Å². The van der Waals surface area contributed by atoms with Crippen molar-refractivity contribution in [3.63, 3.8) is 0 Å². The van der Waals surface area contributed by atoms with Crippen LogP contribution in [0.5, 0.6) is 0 Å². The van der Waals surface area contributed by atoms with Crippen LogP contribution >= 0.6 is 0 Å². The van der Waals surface area contributed by atoms with Crippen LogP contribution in [0, 0.1) is 0 Å². The van der Waals surface area contributed by atoms with E-state index in [1.165, 1.54) is 17.5 Å². The predicted octanol–water partition coefficient (Wildman–Crippen LogP) is 5.81. The Kier molecular flexibility index (Phi) is 13.5. The van der Waals surface area contributed by atoms with Gasteiger partial charge in [-0.05, 0) is 29.9 Å². The summed E-state index contributed by atoms with van der Waals surface area (Å²) in [4.78, 5) is 0. The van der Waals surface area contributed by atoms with Gasteiger partial charge in [0.05, 0.1) is 0 Å². The Morgan fingerprint density at radius 1 is 0.938 bits per heavy atom. The van der Waals surface area contributed by atoms with Crippen molar-refractivity contribution in [2.24, 2.45) is 0 Å². The van der Waals surface area contributed by atoms with Crippen molar-refractivity contribution >= 4 is 0 Å². The van der Waals surface area contributed by atoms with E-state index in [1.54, 1.807) is 0 Å². The van der Waals surface area contributed by atoms with Crippen LogP contribution in [0.15, 0.2) is 24.3 Å². The van der Waals surface area contributed by atoms with Gasteiger partial charge in [-0.3, -0.25) is 0 Å². The number of hydrogen-bond acceptors (Lipinski definition) is 0. The molecule has 0 N–H and O–H groups in total. The van der Waals surface area contributed by atoms with Gasteiger partial charge in [0, 0.05) is 0 Å². The SMILES string of the molecule is CC.CC.CCc1ccccc1C(C)CC. The first-order chi connectivity index (χ1) is 7.79. The van der Waals surface area contributed by atoms with Gasteiger partial charge in [-0.15, -0.1) is 0 Å². The summed E-state index contributed by atoms with van der Waals surface area (Å²) >= 11 is 0. The van der Waals surface area contributed by atoms with Crippen molar-refractivity contribution < 1.29 is 0 Å². The van der Waals surface area contributed by atoms with Crippen molar-refractivity contribution in [2.75, 3.05) is 0 Å².